The van der Waals surface area contributed by atoms with Gasteiger partial charge >= 0.3 is 0 Å². The maximum absolute atomic E-state index is 12.6. The topological polar surface area (TPSA) is 67.3 Å². The summed E-state index contributed by atoms with van der Waals surface area (Å²) < 4.78 is 5.60. The van der Waals surface area contributed by atoms with Crippen molar-refractivity contribution in [3.8, 4) is 17.0 Å². The van der Waals surface area contributed by atoms with Crippen molar-refractivity contribution in [2.75, 3.05) is 30.9 Å². The predicted molar refractivity (Wildman–Crippen MR) is 110 cm³/mol. The summed E-state index contributed by atoms with van der Waals surface area (Å²) in [6.07, 6.45) is 2.64. The molecule has 0 aliphatic heterocycles. The molecule has 1 N–H and O–H groups in total. The third-order valence-electron chi connectivity index (χ3n) is 3.80. The number of amides is 1. The summed E-state index contributed by atoms with van der Waals surface area (Å²) in [5.41, 5.74) is 2.30. The van der Waals surface area contributed by atoms with Crippen LogP contribution < -0.4 is 15.0 Å². The third-order valence-corrected chi connectivity index (χ3v) is 4.56. The van der Waals surface area contributed by atoms with Crippen LogP contribution in [-0.4, -0.2) is 36.6 Å². The van der Waals surface area contributed by atoms with Gasteiger partial charge in [-0.05, 0) is 42.8 Å². The summed E-state index contributed by atoms with van der Waals surface area (Å²) in [5, 5.41) is 5.34. The normalized spacial score (nSPS) is 10.5. The molecular formula is C20H22N4O2S. The summed E-state index contributed by atoms with van der Waals surface area (Å²) in [6, 6.07) is 11.3. The van der Waals surface area contributed by atoms with E-state index in [4.69, 9.17) is 4.74 Å². The SMILES string of the molecule is CCCOc1ccc(-c2csc(NC(=O)c3cccnc3N(C)C)n2)cc1. The van der Waals surface area contributed by atoms with Crippen molar-refractivity contribution in [2.45, 2.75) is 13.3 Å². The van der Waals surface area contributed by atoms with Crippen LogP contribution in [0, 0.1) is 0 Å². The van der Waals surface area contributed by atoms with Crippen LogP contribution in [0.4, 0.5) is 10.9 Å². The molecule has 0 atom stereocenters. The lowest BCUT2D eigenvalue weighted by Gasteiger charge is -2.14. The summed E-state index contributed by atoms with van der Waals surface area (Å²) >= 11 is 1.39. The van der Waals surface area contributed by atoms with Gasteiger partial charge in [0.1, 0.15) is 11.6 Å². The highest BCUT2D eigenvalue weighted by Crippen LogP contribution is 2.27. The van der Waals surface area contributed by atoms with Gasteiger partial charge in [-0.15, -0.1) is 11.3 Å². The molecule has 27 heavy (non-hydrogen) atoms. The largest absolute Gasteiger partial charge is 0.494 e. The summed E-state index contributed by atoms with van der Waals surface area (Å²) in [5.74, 6) is 1.24. The maximum Gasteiger partial charge on any atom is 0.261 e. The number of aromatic nitrogens is 2. The standard InChI is InChI=1S/C20H22N4O2S/c1-4-12-26-15-9-7-14(8-10-15)17-13-27-20(22-17)23-19(25)16-6-5-11-21-18(16)24(2)3/h5-11,13H,4,12H2,1-3H3,(H,22,23,25). The number of ether oxygens (including phenoxy) is 1. The van der Waals surface area contributed by atoms with Gasteiger partial charge in [-0.3, -0.25) is 10.1 Å². The number of nitrogens with one attached hydrogen (secondary N) is 1. The third kappa shape index (κ3) is 4.62. The second-order valence-corrected chi connectivity index (χ2v) is 6.99. The van der Waals surface area contributed by atoms with Gasteiger partial charge in [0.25, 0.3) is 5.91 Å². The van der Waals surface area contributed by atoms with Crippen molar-refractivity contribution in [3.63, 3.8) is 0 Å². The van der Waals surface area contributed by atoms with Crippen LogP contribution in [0.3, 0.4) is 0 Å². The quantitative estimate of drug-likeness (QED) is 0.659. The monoisotopic (exact) mass is 382 g/mol. The van der Waals surface area contributed by atoms with Crippen molar-refractivity contribution in [1.82, 2.24) is 9.97 Å². The van der Waals surface area contributed by atoms with Crippen LogP contribution in [0.1, 0.15) is 23.7 Å². The van der Waals surface area contributed by atoms with Gasteiger partial charge in [-0.1, -0.05) is 6.92 Å². The van der Waals surface area contributed by atoms with E-state index in [1.165, 1.54) is 11.3 Å². The van der Waals surface area contributed by atoms with Crippen molar-refractivity contribution in [1.29, 1.82) is 0 Å². The Morgan fingerprint density at radius 3 is 2.70 bits per heavy atom. The number of nitrogens with zero attached hydrogens (tertiary/aromatic N) is 3. The molecule has 0 spiro atoms. The molecular weight excluding hydrogens is 360 g/mol. The van der Waals surface area contributed by atoms with Gasteiger partial charge in [0.2, 0.25) is 0 Å². The summed E-state index contributed by atoms with van der Waals surface area (Å²) in [6.45, 7) is 2.78. The number of benzene rings is 1. The molecule has 0 bridgehead atoms. The van der Waals surface area contributed by atoms with Gasteiger partial charge in [-0.2, -0.15) is 0 Å². The van der Waals surface area contributed by atoms with Crippen LogP contribution in [0.5, 0.6) is 5.75 Å². The lowest BCUT2D eigenvalue weighted by molar-refractivity contribution is 0.102. The Balaban J connectivity index is 1.72. The molecule has 1 amide bonds. The van der Waals surface area contributed by atoms with Gasteiger partial charge in [0, 0.05) is 31.2 Å². The molecule has 0 unspecified atom stereocenters. The lowest BCUT2D eigenvalue weighted by Crippen LogP contribution is -2.19. The van der Waals surface area contributed by atoms with Crippen molar-refractivity contribution in [2.24, 2.45) is 0 Å². The Kier molecular flexibility index (Phi) is 6.03. The van der Waals surface area contributed by atoms with E-state index in [9.17, 15) is 4.79 Å². The first kappa shape index (κ1) is 18.8. The predicted octanol–water partition coefficient (Wildman–Crippen LogP) is 4.31. The second kappa shape index (κ2) is 8.64. The van der Waals surface area contributed by atoms with Crippen LogP contribution >= 0.6 is 11.3 Å². The smallest absolute Gasteiger partial charge is 0.261 e. The highest BCUT2D eigenvalue weighted by Gasteiger charge is 2.15. The zero-order chi connectivity index (χ0) is 19.2. The Labute approximate surface area is 162 Å². The van der Waals surface area contributed by atoms with E-state index >= 15 is 0 Å². The van der Waals surface area contributed by atoms with Crippen molar-refractivity contribution >= 4 is 28.2 Å². The molecule has 2 heterocycles. The second-order valence-electron chi connectivity index (χ2n) is 6.13. The van der Waals surface area contributed by atoms with E-state index in [2.05, 4.69) is 22.2 Å². The number of thiazole rings is 1. The summed E-state index contributed by atoms with van der Waals surface area (Å²) in [7, 11) is 3.71. The molecule has 6 nitrogen and oxygen atoms in total. The number of anilines is 2. The van der Waals surface area contributed by atoms with E-state index in [1.54, 1.807) is 18.3 Å². The minimum absolute atomic E-state index is 0.226. The van der Waals surface area contributed by atoms with Crippen molar-refractivity contribution < 1.29 is 9.53 Å². The highest BCUT2D eigenvalue weighted by atomic mass is 32.1. The number of hydrogen-bond acceptors (Lipinski definition) is 6. The molecule has 2 aromatic heterocycles. The molecule has 1 aromatic carbocycles. The van der Waals surface area contributed by atoms with Gasteiger partial charge in [0.05, 0.1) is 17.9 Å². The average Bonchev–Trinajstić information content (AvgIpc) is 3.15. The molecule has 3 rings (SSSR count). The van der Waals surface area contributed by atoms with E-state index in [0.717, 1.165) is 23.4 Å². The Morgan fingerprint density at radius 1 is 1.22 bits per heavy atom. The molecule has 7 heteroatoms. The Morgan fingerprint density at radius 2 is 2.00 bits per heavy atom. The number of pyridine rings is 1. The Hall–Kier alpha value is -2.93. The van der Waals surface area contributed by atoms with E-state index in [-0.39, 0.29) is 5.91 Å². The molecule has 0 saturated carbocycles. The van der Waals surface area contributed by atoms with E-state index < -0.39 is 0 Å². The highest BCUT2D eigenvalue weighted by molar-refractivity contribution is 7.14. The number of carbonyl (C=O) groups excluding carboxylic acids is 1. The molecule has 0 fully saturated rings. The van der Waals surface area contributed by atoms with Gasteiger partial charge < -0.3 is 9.64 Å². The number of carbonyl (C=O) groups is 1. The fourth-order valence-corrected chi connectivity index (χ4v) is 3.22. The van der Waals surface area contributed by atoms with Gasteiger partial charge in [-0.25, -0.2) is 9.97 Å². The van der Waals surface area contributed by atoms with E-state index in [0.29, 0.717) is 23.1 Å². The Bertz CT molecular complexity index is 906. The number of hydrogen-bond donors (Lipinski definition) is 1. The lowest BCUT2D eigenvalue weighted by atomic mass is 10.2. The molecule has 3 aromatic rings. The van der Waals surface area contributed by atoms with Crippen LogP contribution in [-0.2, 0) is 0 Å². The minimum Gasteiger partial charge on any atom is -0.494 e. The van der Waals surface area contributed by atoms with Crippen LogP contribution in [0.2, 0.25) is 0 Å². The average molecular weight is 382 g/mol. The molecule has 0 radical (unpaired) electrons. The van der Waals surface area contributed by atoms with E-state index in [1.807, 2.05) is 48.6 Å². The molecule has 140 valence electrons. The zero-order valence-electron chi connectivity index (χ0n) is 15.6. The fraction of sp³-hybridized carbons (Fsp3) is 0.250. The number of rotatable bonds is 7. The molecule has 0 saturated heterocycles. The summed E-state index contributed by atoms with van der Waals surface area (Å²) in [4.78, 5) is 23.2. The van der Waals surface area contributed by atoms with Crippen molar-refractivity contribution in [3.05, 3.63) is 53.5 Å². The van der Waals surface area contributed by atoms with Crippen LogP contribution in [0.15, 0.2) is 48.0 Å². The molecule has 0 aliphatic carbocycles. The zero-order valence-corrected chi connectivity index (χ0v) is 16.4. The first-order valence-corrected chi connectivity index (χ1v) is 9.59. The first-order chi connectivity index (χ1) is 13.1. The maximum atomic E-state index is 12.6. The fourth-order valence-electron chi connectivity index (χ4n) is 2.50. The first-order valence-electron chi connectivity index (χ1n) is 8.71. The molecule has 0 aliphatic rings. The van der Waals surface area contributed by atoms with Crippen LogP contribution in [0.25, 0.3) is 11.3 Å². The minimum atomic E-state index is -0.226. The van der Waals surface area contributed by atoms with Gasteiger partial charge in [0.15, 0.2) is 5.13 Å².